The van der Waals surface area contributed by atoms with E-state index in [-0.39, 0.29) is 17.5 Å². The number of nitrogens with zero attached hydrogens (tertiary/aromatic N) is 3. The summed E-state index contributed by atoms with van der Waals surface area (Å²) in [6, 6.07) is 10.3. The van der Waals surface area contributed by atoms with Crippen LogP contribution in [-0.4, -0.2) is 34.6 Å². The fraction of sp³-hybridized carbons (Fsp3) is 0.421. The molecule has 1 aromatic carbocycles. The van der Waals surface area contributed by atoms with Crippen LogP contribution in [0.3, 0.4) is 0 Å². The first-order valence-corrected chi connectivity index (χ1v) is 8.70. The maximum atomic E-state index is 12.9. The summed E-state index contributed by atoms with van der Waals surface area (Å²) in [4.78, 5) is 22.8. The van der Waals surface area contributed by atoms with E-state index in [0.717, 1.165) is 6.54 Å². The Labute approximate surface area is 147 Å². The summed E-state index contributed by atoms with van der Waals surface area (Å²) in [5, 5.41) is 2.88. The van der Waals surface area contributed by atoms with Crippen LogP contribution < -0.4 is 10.1 Å². The van der Waals surface area contributed by atoms with Crippen molar-refractivity contribution >= 4 is 11.8 Å². The Bertz CT molecular complexity index is 759. The highest BCUT2D eigenvalue weighted by molar-refractivity contribution is 5.90. The van der Waals surface area contributed by atoms with E-state index in [0.29, 0.717) is 11.6 Å². The Morgan fingerprint density at radius 3 is 2.76 bits per heavy atom. The lowest BCUT2D eigenvalue weighted by molar-refractivity contribution is -0.0353. The molecule has 1 aliphatic heterocycles. The van der Waals surface area contributed by atoms with E-state index >= 15 is 0 Å². The molecule has 6 heteroatoms. The quantitative estimate of drug-likeness (QED) is 0.928. The van der Waals surface area contributed by atoms with E-state index in [4.69, 9.17) is 4.74 Å². The van der Waals surface area contributed by atoms with Gasteiger partial charge in [0.25, 0.3) is 0 Å². The van der Waals surface area contributed by atoms with Crippen molar-refractivity contribution in [1.29, 1.82) is 0 Å². The molecule has 1 N–H and O–H groups in total. The number of carbonyl (C=O) groups is 1. The van der Waals surface area contributed by atoms with E-state index < -0.39 is 0 Å². The Morgan fingerprint density at radius 1 is 1.28 bits per heavy atom. The molecule has 6 nitrogen and oxygen atoms in total. The van der Waals surface area contributed by atoms with Crippen molar-refractivity contribution in [1.82, 2.24) is 14.9 Å². The lowest BCUT2D eigenvalue weighted by atomic mass is 9.67. The molecule has 1 aliphatic carbocycles. The number of benzene rings is 1. The van der Waals surface area contributed by atoms with Crippen LogP contribution in [0.15, 0.2) is 42.9 Å². The number of ether oxygens (including phenoxy) is 1. The molecule has 2 aliphatic rings. The summed E-state index contributed by atoms with van der Waals surface area (Å²) >= 11 is 0. The van der Waals surface area contributed by atoms with Crippen molar-refractivity contribution in [3.63, 3.8) is 0 Å². The van der Waals surface area contributed by atoms with Gasteiger partial charge in [0, 0.05) is 12.0 Å². The van der Waals surface area contributed by atoms with E-state index in [1.807, 2.05) is 23.1 Å². The van der Waals surface area contributed by atoms with Gasteiger partial charge in [-0.1, -0.05) is 43.2 Å². The fourth-order valence-corrected chi connectivity index (χ4v) is 4.34. The highest BCUT2D eigenvalue weighted by Crippen LogP contribution is 2.58. The third-order valence-corrected chi connectivity index (χ3v) is 5.48. The number of hydrogen-bond acceptors (Lipinski definition) is 4. The van der Waals surface area contributed by atoms with Crippen LogP contribution >= 0.6 is 0 Å². The molecule has 0 radical (unpaired) electrons. The Morgan fingerprint density at radius 2 is 2.04 bits per heavy atom. The first-order chi connectivity index (χ1) is 12.2. The third-order valence-electron chi connectivity index (χ3n) is 5.48. The van der Waals surface area contributed by atoms with Crippen LogP contribution in [-0.2, 0) is 0 Å². The van der Waals surface area contributed by atoms with E-state index in [1.54, 1.807) is 6.20 Å². The average Bonchev–Trinajstić information content (AvgIpc) is 3.13. The van der Waals surface area contributed by atoms with Crippen LogP contribution in [0.1, 0.15) is 37.3 Å². The molecular formula is C19H22N4O2. The molecule has 1 unspecified atom stereocenters. The van der Waals surface area contributed by atoms with Gasteiger partial charge in [-0.15, -0.1) is 0 Å². The van der Waals surface area contributed by atoms with E-state index in [9.17, 15) is 4.79 Å². The number of anilines is 1. The minimum atomic E-state index is -0.136. The van der Waals surface area contributed by atoms with Crippen LogP contribution in [0.2, 0.25) is 0 Å². The zero-order valence-electron chi connectivity index (χ0n) is 14.3. The smallest absolute Gasteiger partial charge is 0.323 e. The van der Waals surface area contributed by atoms with E-state index in [2.05, 4.69) is 27.4 Å². The summed E-state index contributed by atoms with van der Waals surface area (Å²) in [6.07, 6.45) is 7.82. The molecular weight excluding hydrogens is 316 g/mol. The second-order valence-corrected chi connectivity index (χ2v) is 6.88. The molecule has 2 amide bonds. The van der Waals surface area contributed by atoms with Gasteiger partial charge in [-0.2, -0.15) is 0 Å². The zero-order valence-corrected chi connectivity index (χ0v) is 14.3. The van der Waals surface area contributed by atoms with Crippen molar-refractivity contribution in [2.75, 3.05) is 19.0 Å². The van der Waals surface area contributed by atoms with Crippen LogP contribution in [0.5, 0.6) is 5.75 Å². The maximum absolute atomic E-state index is 12.9. The van der Waals surface area contributed by atoms with E-state index in [1.165, 1.54) is 44.7 Å². The lowest BCUT2D eigenvalue weighted by Gasteiger charge is -2.56. The minimum absolute atomic E-state index is 0.129. The second-order valence-electron chi connectivity index (χ2n) is 6.88. The van der Waals surface area contributed by atoms with Gasteiger partial charge in [-0.25, -0.2) is 14.8 Å². The average molecular weight is 338 g/mol. The number of urea groups is 1. The molecule has 1 aromatic heterocycles. The summed E-state index contributed by atoms with van der Waals surface area (Å²) in [6.45, 7) is 0.797. The first kappa shape index (κ1) is 15.9. The highest BCUT2D eigenvalue weighted by Gasteiger charge is 2.55. The number of rotatable bonds is 3. The third kappa shape index (κ3) is 2.71. The van der Waals surface area contributed by atoms with Gasteiger partial charge < -0.3 is 9.64 Å². The first-order valence-electron chi connectivity index (χ1n) is 8.70. The standard InChI is InChI=1S/C19H22N4O2/c1-25-15-11-20-13-21-17(15)22-18(24)23-12-19(9-5-6-10-19)16(23)14-7-3-2-4-8-14/h2-4,7-8,11,13,16H,5-6,9-10,12H2,1H3,(H,20,21,22,24). The number of carbonyl (C=O) groups excluding carboxylic acids is 1. The predicted molar refractivity (Wildman–Crippen MR) is 94.4 cm³/mol. The molecule has 2 heterocycles. The van der Waals surface area contributed by atoms with Gasteiger partial charge in [0.05, 0.1) is 19.3 Å². The largest absolute Gasteiger partial charge is 0.491 e. The maximum Gasteiger partial charge on any atom is 0.323 e. The molecule has 2 fully saturated rings. The SMILES string of the molecule is COc1cncnc1NC(=O)N1CC2(CCCC2)C1c1ccccc1. The number of methoxy groups -OCH3 is 1. The number of likely N-dealkylation sites (tertiary alicyclic amines) is 1. The van der Waals surface area contributed by atoms with Gasteiger partial charge >= 0.3 is 6.03 Å². The molecule has 1 saturated heterocycles. The lowest BCUT2D eigenvalue weighted by Crippen LogP contribution is -2.60. The summed E-state index contributed by atoms with van der Waals surface area (Å²) in [7, 11) is 1.54. The molecule has 2 aromatic rings. The van der Waals surface area contributed by atoms with Crippen molar-refractivity contribution in [2.45, 2.75) is 31.7 Å². The Kier molecular flexibility index (Phi) is 4.03. The highest BCUT2D eigenvalue weighted by atomic mass is 16.5. The zero-order chi connectivity index (χ0) is 17.3. The molecule has 1 saturated carbocycles. The van der Waals surface area contributed by atoms with Gasteiger partial charge in [-0.05, 0) is 18.4 Å². The fourth-order valence-electron chi connectivity index (χ4n) is 4.34. The van der Waals surface area contributed by atoms with Crippen LogP contribution in [0.25, 0.3) is 0 Å². The van der Waals surface area contributed by atoms with Crippen molar-refractivity contribution < 1.29 is 9.53 Å². The molecule has 4 rings (SSSR count). The van der Waals surface area contributed by atoms with Crippen LogP contribution in [0.4, 0.5) is 10.6 Å². The van der Waals surface area contributed by atoms with Gasteiger partial charge in [0.1, 0.15) is 6.33 Å². The van der Waals surface area contributed by atoms with Crippen molar-refractivity contribution in [2.24, 2.45) is 5.41 Å². The number of aromatic nitrogens is 2. The number of nitrogens with one attached hydrogen (secondary N) is 1. The van der Waals surface area contributed by atoms with Gasteiger partial charge in [0.15, 0.2) is 11.6 Å². The van der Waals surface area contributed by atoms with Crippen LogP contribution in [0, 0.1) is 5.41 Å². The molecule has 130 valence electrons. The molecule has 25 heavy (non-hydrogen) atoms. The molecule has 0 bridgehead atoms. The summed E-state index contributed by atoms with van der Waals surface area (Å²) in [5.41, 5.74) is 1.44. The topological polar surface area (TPSA) is 67.4 Å². The van der Waals surface area contributed by atoms with Crippen molar-refractivity contribution in [3.8, 4) is 5.75 Å². The monoisotopic (exact) mass is 338 g/mol. The molecule has 1 spiro atoms. The molecule has 1 atom stereocenters. The summed E-state index contributed by atoms with van der Waals surface area (Å²) < 4.78 is 5.22. The predicted octanol–water partition coefficient (Wildman–Crippen LogP) is 3.63. The van der Waals surface area contributed by atoms with Gasteiger partial charge in [0.2, 0.25) is 0 Å². The van der Waals surface area contributed by atoms with Crippen molar-refractivity contribution in [3.05, 3.63) is 48.4 Å². The second kappa shape index (κ2) is 6.35. The van der Waals surface area contributed by atoms with Gasteiger partial charge in [-0.3, -0.25) is 5.32 Å². The summed E-state index contributed by atoms with van der Waals surface area (Å²) in [5.74, 6) is 0.866. The Balaban J connectivity index is 1.58. The minimum Gasteiger partial charge on any atom is -0.491 e. The Hall–Kier alpha value is -2.63. The number of amides is 2. The number of hydrogen-bond donors (Lipinski definition) is 1. The normalized spacial score (nSPS) is 21.0.